The van der Waals surface area contributed by atoms with E-state index in [0.29, 0.717) is 35.0 Å². The number of halogens is 2. The number of nitrogens with one attached hydrogen (secondary N) is 2. The average molecular weight is 548 g/mol. The van der Waals surface area contributed by atoms with E-state index in [1.807, 2.05) is 61.5 Å². The minimum absolute atomic E-state index is 0.0937. The maximum Gasteiger partial charge on any atom is 0.225 e. The number of hydrogen-bond donors (Lipinski definition) is 2. The monoisotopic (exact) mass is 547 g/mol. The van der Waals surface area contributed by atoms with Crippen LogP contribution in [-0.4, -0.2) is 36.6 Å². The minimum atomic E-state index is -0.353. The molecule has 0 amide bonds. The molecule has 0 bridgehead atoms. The van der Waals surface area contributed by atoms with Gasteiger partial charge in [-0.25, -0.2) is 9.37 Å². The van der Waals surface area contributed by atoms with E-state index in [0.717, 1.165) is 60.3 Å². The van der Waals surface area contributed by atoms with Gasteiger partial charge in [-0.2, -0.15) is 4.98 Å². The molecule has 39 heavy (non-hydrogen) atoms. The van der Waals surface area contributed by atoms with Crippen LogP contribution in [0.3, 0.4) is 0 Å². The first-order valence-corrected chi connectivity index (χ1v) is 13.9. The molecule has 3 aromatic carbocycles. The van der Waals surface area contributed by atoms with Crippen molar-refractivity contribution < 1.29 is 9.13 Å². The second kappa shape index (κ2) is 12.6. The van der Waals surface area contributed by atoms with E-state index in [9.17, 15) is 4.39 Å². The molecule has 0 spiro atoms. The van der Waals surface area contributed by atoms with Gasteiger partial charge in [0.2, 0.25) is 5.95 Å². The predicted octanol–water partition coefficient (Wildman–Crippen LogP) is 6.83. The molecule has 0 unspecified atom stereocenters. The van der Waals surface area contributed by atoms with Gasteiger partial charge in [-0.1, -0.05) is 48.0 Å². The highest BCUT2D eigenvalue weighted by Gasteiger charge is 2.22. The molecule has 1 aliphatic rings. The van der Waals surface area contributed by atoms with Gasteiger partial charge in [0, 0.05) is 43.2 Å². The van der Waals surface area contributed by atoms with Crippen LogP contribution in [0.2, 0.25) is 5.02 Å². The van der Waals surface area contributed by atoms with Crippen LogP contribution in [0.25, 0.3) is 10.9 Å². The summed E-state index contributed by atoms with van der Waals surface area (Å²) in [5.41, 5.74) is 2.38. The molecule has 1 aliphatic carbocycles. The van der Waals surface area contributed by atoms with Crippen LogP contribution in [0, 0.1) is 11.7 Å². The first-order chi connectivity index (χ1) is 19.0. The SMILES string of the molecule is CN(C)c1nc(N[C@H]2CC[C@@H](CNCc3ccccc3OCc3c(F)cccc3Cl)CC2)nc2ccccc12. The number of rotatable bonds is 10. The van der Waals surface area contributed by atoms with Crippen molar-refractivity contribution in [1.82, 2.24) is 15.3 Å². The van der Waals surface area contributed by atoms with Gasteiger partial charge in [-0.15, -0.1) is 0 Å². The average Bonchev–Trinajstić information content (AvgIpc) is 2.94. The Morgan fingerprint density at radius 2 is 1.72 bits per heavy atom. The number of ether oxygens (including phenoxy) is 1. The number of nitrogens with zero attached hydrogens (tertiary/aromatic N) is 3. The smallest absolute Gasteiger partial charge is 0.225 e. The molecule has 0 atom stereocenters. The number of benzene rings is 3. The van der Waals surface area contributed by atoms with Crippen LogP contribution < -0.4 is 20.3 Å². The molecule has 2 N–H and O–H groups in total. The lowest BCUT2D eigenvalue weighted by Crippen LogP contribution is -2.31. The molecule has 4 aromatic rings. The maximum atomic E-state index is 14.1. The normalized spacial score (nSPS) is 17.2. The van der Waals surface area contributed by atoms with Gasteiger partial charge >= 0.3 is 0 Å². The molecule has 1 aromatic heterocycles. The fraction of sp³-hybridized carbons (Fsp3) is 0.355. The van der Waals surface area contributed by atoms with Crippen LogP contribution in [0.5, 0.6) is 5.75 Å². The van der Waals surface area contributed by atoms with Crippen LogP contribution in [-0.2, 0) is 13.2 Å². The van der Waals surface area contributed by atoms with E-state index in [1.165, 1.54) is 6.07 Å². The Labute approximate surface area is 234 Å². The summed E-state index contributed by atoms with van der Waals surface area (Å²) in [7, 11) is 4.03. The summed E-state index contributed by atoms with van der Waals surface area (Å²) in [4.78, 5) is 11.6. The van der Waals surface area contributed by atoms with Crippen LogP contribution in [0.15, 0.2) is 66.7 Å². The Balaban J connectivity index is 1.11. The Morgan fingerprint density at radius 1 is 0.949 bits per heavy atom. The number of fused-ring (bicyclic) bond motifs is 1. The van der Waals surface area contributed by atoms with Crippen molar-refractivity contribution in [3.8, 4) is 5.75 Å². The van der Waals surface area contributed by atoms with Crippen molar-refractivity contribution >= 4 is 34.3 Å². The van der Waals surface area contributed by atoms with Gasteiger partial charge < -0.3 is 20.3 Å². The summed E-state index contributed by atoms with van der Waals surface area (Å²) in [5, 5.41) is 8.64. The molecule has 6 nitrogen and oxygen atoms in total. The lowest BCUT2D eigenvalue weighted by atomic mass is 9.86. The number of anilines is 2. The van der Waals surface area contributed by atoms with Crippen molar-refractivity contribution in [2.45, 2.75) is 44.9 Å². The maximum absolute atomic E-state index is 14.1. The molecule has 1 saturated carbocycles. The standard InChI is InChI=1S/C31H35ClFN5O/c1-38(2)30-24-9-4-5-12-28(24)36-31(37-30)35-23-16-14-21(15-17-23)18-34-19-22-8-3-6-13-29(22)39-20-25-26(32)10-7-11-27(25)33/h3-13,21,23,34H,14-20H2,1-2H3,(H,35,36,37)/t21-,23+. The van der Waals surface area contributed by atoms with Crippen molar-refractivity contribution in [3.05, 3.63) is 88.7 Å². The van der Waals surface area contributed by atoms with Crippen molar-refractivity contribution in [2.75, 3.05) is 30.9 Å². The fourth-order valence-corrected chi connectivity index (χ4v) is 5.40. The Morgan fingerprint density at radius 3 is 2.51 bits per heavy atom. The third kappa shape index (κ3) is 6.78. The lowest BCUT2D eigenvalue weighted by molar-refractivity contribution is 0.294. The first kappa shape index (κ1) is 27.2. The Bertz CT molecular complexity index is 1390. The largest absolute Gasteiger partial charge is 0.488 e. The van der Waals surface area contributed by atoms with E-state index in [4.69, 9.17) is 26.3 Å². The van der Waals surface area contributed by atoms with Gasteiger partial charge in [0.1, 0.15) is 24.0 Å². The molecule has 5 rings (SSSR count). The quantitative estimate of drug-likeness (QED) is 0.227. The zero-order valence-corrected chi connectivity index (χ0v) is 23.2. The number of para-hydroxylation sites is 2. The van der Waals surface area contributed by atoms with E-state index in [2.05, 4.69) is 16.7 Å². The van der Waals surface area contributed by atoms with Gasteiger partial charge in [0.05, 0.1) is 10.5 Å². The molecule has 204 valence electrons. The van der Waals surface area contributed by atoms with Gasteiger partial charge in [0.25, 0.3) is 0 Å². The predicted molar refractivity (Wildman–Crippen MR) is 157 cm³/mol. The van der Waals surface area contributed by atoms with Gasteiger partial charge in [-0.05, 0) is 68.5 Å². The van der Waals surface area contributed by atoms with Crippen LogP contribution in [0.4, 0.5) is 16.2 Å². The third-order valence-corrected chi connectivity index (χ3v) is 7.70. The van der Waals surface area contributed by atoms with Crippen LogP contribution >= 0.6 is 11.6 Å². The third-order valence-electron chi connectivity index (χ3n) is 7.34. The van der Waals surface area contributed by atoms with Crippen LogP contribution in [0.1, 0.15) is 36.8 Å². The molecular weight excluding hydrogens is 513 g/mol. The number of hydrogen-bond acceptors (Lipinski definition) is 6. The second-order valence-electron chi connectivity index (χ2n) is 10.4. The van der Waals surface area contributed by atoms with Crippen molar-refractivity contribution in [1.29, 1.82) is 0 Å². The summed E-state index contributed by atoms with van der Waals surface area (Å²) >= 11 is 6.16. The fourth-order valence-electron chi connectivity index (χ4n) is 5.18. The molecule has 0 radical (unpaired) electrons. The highest BCUT2D eigenvalue weighted by Crippen LogP contribution is 2.29. The summed E-state index contributed by atoms with van der Waals surface area (Å²) in [6.07, 6.45) is 4.46. The van der Waals surface area contributed by atoms with E-state index < -0.39 is 0 Å². The van der Waals surface area contributed by atoms with E-state index in [1.54, 1.807) is 12.1 Å². The summed E-state index contributed by atoms with van der Waals surface area (Å²) in [6, 6.07) is 21.1. The highest BCUT2D eigenvalue weighted by molar-refractivity contribution is 6.31. The highest BCUT2D eigenvalue weighted by atomic mass is 35.5. The van der Waals surface area contributed by atoms with E-state index >= 15 is 0 Å². The van der Waals surface area contributed by atoms with E-state index in [-0.39, 0.29) is 12.4 Å². The molecule has 0 aliphatic heterocycles. The minimum Gasteiger partial charge on any atom is -0.488 e. The number of aromatic nitrogens is 2. The Kier molecular flexibility index (Phi) is 8.79. The molecular formula is C31H35ClFN5O. The summed E-state index contributed by atoms with van der Waals surface area (Å²) in [5.74, 6) is 2.64. The zero-order chi connectivity index (χ0) is 27.2. The molecule has 0 saturated heterocycles. The van der Waals surface area contributed by atoms with Crippen molar-refractivity contribution in [3.63, 3.8) is 0 Å². The second-order valence-corrected chi connectivity index (χ2v) is 10.8. The molecule has 8 heteroatoms. The molecule has 1 fully saturated rings. The summed E-state index contributed by atoms with van der Waals surface area (Å²) in [6.45, 7) is 1.73. The summed E-state index contributed by atoms with van der Waals surface area (Å²) < 4.78 is 20.1. The zero-order valence-electron chi connectivity index (χ0n) is 22.5. The van der Waals surface area contributed by atoms with Crippen molar-refractivity contribution in [2.24, 2.45) is 5.92 Å². The Hall–Kier alpha value is -3.42. The topological polar surface area (TPSA) is 62.3 Å². The molecule has 1 heterocycles. The lowest BCUT2D eigenvalue weighted by Gasteiger charge is -2.29. The van der Waals surface area contributed by atoms with Gasteiger partial charge in [0.15, 0.2) is 0 Å². The van der Waals surface area contributed by atoms with Gasteiger partial charge in [-0.3, -0.25) is 0 Å². The first-order valence-electron chi connectivity index (χ1n) is 13.5.